The van der Waals surface area contributed by atoms with Crippen molar-refractivity contribution in [3.05, 3.63) is 243 Å². The van der Waals surface area contributed by atoms with Gasteiger partial charge in [0.05, 0.1) is 2.74 Å². The summed E-state index contributed by atoms with van der Waals surface area (Å²) in [5, 5.41) is 0. The van der Waals surface area contributed by atoms with Gasteiger partial charge in [-0.05, 0) is 131 Å². The molecule has 278 valence electrons. The molecule has 0 saturated heterocycles. The Kier molecular flexibility index (Phi) is 9.77. The number of nitrogens with zero attached hydrogens (tertiary/aromatic N) is 2. The molecule has 9 rings (SSSR count). The van der Waals surface area contributed by atoms with Crippen LogP contribution in [0.4, 0.5) is 34.1 Å². The summed E-state index contributed by atoms with van der Waals surface area (Å²) in [5.41, 5.74) is 10.2. The Morgan fingerprint density at radius 2 is 0.586 bits per heavy atom. The molecule has 4 heteroatoms. The van der Waals surface area contributed by atoms with Gasteiger partial charge in [0.15, 0.2) is 0 Å². The van der Waals surface area contributed by atoms with Gasteiger partial charge < -0.3 is 19.3 Å². The number of ether oxygens (including phenoxy) is 2. The molecular weight excluding hydrogens is 709 g/mol. The van der Waals surface area contributed by atoms with Crippen molar-refractivity contribution in [1.29, 1.82) is 0 Å². The van der Waals surface area contributed by atoms with Crippen molar-refractivity contribution in [1.82, 2.24) is 0 Å². The molecule has 9 aromatic rings. The van der Waals surface area contributed by atoms with Gasteiger partial charge in [-0.15, -0.1) is 0 Å². The fourth-order valence-electron chi connectivity index (χ4n) is 7.01. The quantitative estimate of drug-likeness (QED) is 0.124. The van der Waals surface area contributed by atoms with Crippen molar-refractivity contribution in [3.63, 3.8) is 0 Å². The Hall–Kier alpha value is -7.82. The van der Waals surface area contributed by atoms with Crippen molar-refractivity contribution >= 4 is 34.1 Å². The molecule has 0 aliphatic carbocycles. The van der Waals surface area contributed by atoms with E-state index in [0.717, 1.165) is 56.4 Å². The van der Waals surface area contributed by atoms with Gasteiger partial charge in [0, 0.05) is 40.2 Å². The summed E-state index contributed by atoms with van der Waals surface area (Å²) < 4.78 is 29.3. The topological polar surface area (TPSA) is 24.9 Å². The standard InChI is InChI=1S/C54H40N2O2/c1-5-14-41(15-6-1)43-24-28-47(29-25-43)55(45-18-9-3-10-19-45)49-32-36-51(37-33-49)57-53-22-13-23-54(40-53)58-52-38-34-50(35-39-52)56(46-20-11-4-12-21-46)48-30-26-44(27-31-48)42-16-7-2-8-17-42/h1-40H/i9T,11T. The zero-order valence-electron chi connectivity index (χ0n) is 33.7. The van der Waals surface area contributed by atoms with Crippen LogP contribution in [-0.4, -0.2) is 0 Å². The third kappa shape index (κ3) is 8.23. The molecule has 0 aliphatic heterocycles. The van der Waals surface area contributed by atoms with Gasteiger partial charge in [-0.25, -0.2) is 0 Å². The Labute approximate surface area is 342 Å². The maximum absolute atomic E-state index is 8.31. The number of para-hydroxylation sites is 2. The molecule has 0 aromatic heterocycles. The highest BCUT2D eigenvalue weighted by Crippen LogP contribution is 2.39. The molecule has 0 spiro atoms. The van der Waals surface area contributed by atoms with E-state index in [-0.39, 0.29) is 0 Å². The van der Waals surface area contributed by atoms with Crippen LogP contribution in [0.2, 0.25) is 0 Å². The highest BCUT2D eigenvalue weighted by Gasteiger charge is 2.15. The van der Waals surface area contributed by atoms with Gasteiger partial charge in [0.25, 0.3) is 0 Å². The van der Waals surface area contributed by atoms with E-state index in [1.54, 1.807) is 12.1 Å². The van der Waals surface area contributed by atoms with Crippen LogP contribution in [0, 0.1) is 0 Å². The first-order valence-corrected chi connectivity index (χ1v) is 19.2. The van der Waals surface area contributed by atoms with Gasteiger partial charge in [-0.3, -0.25) is 0 Å². The normalized spacial score (nSPS) is 11.2. The zero-order valence-corrected chi connectivity index (χ0v) is 31.7. The molecule has 4 nitrogen and oxygen atoms in total. The monoisotopic (exact) mass is 752 g/mol. The van der Waals surface area contributed by atoms with Gasteiger partial charge in [-0.2, -0.15) is 0 Å². The molecule has 0 saturated carbocycles. The maximum Gasteiger partial charge on any atom is 0.131 e. The number of benzene rings is 9. The van der Waals surface area contributed by atoms with Gasteiger partial charge >= 0.3 is 0 Å². The Morgan fingerprint density at radius 1 is 0.259 bits per heavy atom. The lowest BCUT2D eigenvalue weighted by Crippen LogP contribution is -2.09. The van der Waals surface area contributed by atoms with Crippen LogP contribution in [0.15, 0.2) is 243 Å². The fourth-order valence-corrected chi connectivity index (χ4v) is 7.01. The van der Waals surface area contributed by atoms with E-state index < -0.39 is 0 Å². The van der Waals surface area contributed by atoms with Crippen molar-refractivity contribution in [3.8, 4) is 45.3 Å². The van der Waals surface area contributed by atoms with Crippen molar-refractivity contribution < 1.29 is 12.2 Å². The maximum atomic E-state index is 8.31. The smallest absolute Gasteiger partial charge is 0.131 e. The zero-order chi connectivity index (χ0) is 40.7. The average Bonchev–Trinajstić information content (AvgIpc) is 3.29. The molecule has 0 heterocycles. The molecule has 0 unspecified atom stereocenters. The molecule has 0 aliphatic rings. The molecule has 9 aromatic carbocycles. The van der Waals surface area contributed by atoms with E-state index >= 15 is 0 Å². The van der Waals surface area contributed by atoms with Crippen molar-refractivity contribution in [2.75, 3.05) is 9.80 Å². The summed E-state index contributed by atoms with van der Waals surface area (Å²) in [6.07, 6.45) is 0. The summed E-state index contributed by atoms with van der Waals surface area (Å²) in [7, 11) is 0. The molecule has 0 bridgehead atoms. The molecular formula is C54H40N2O2. The Balaban J connectivity index is 0.914. The van der Waals surface area contributed by atoms with E-state index in [9.17, 15) is 0 Å². The van der Waals surface area contributed by atoms with E-state index in [1.807, 2.05) is 146 Å². The minimum absolute atomic E-state index is 0.443. The number of anilines is 6. The number of rotatable bonds is 12. The van der Waals surface area contributed by atoms with E-state index in [0.29, 0.717) is 35.1 Å². The SMILES string of the molecule is [3H]c1cccc(N(c2ccc(Oc3cccc(Oc4ccc(N(c5ccc(-c6ccccc6)cc5)c5cccc([3H])c5)cc4)c3)cc2)c2ccc(-c3ccccc3)cc2)c1. The Bertz CT molecular complexity index is 2620. The Morgan fingerprint density at radius 3 is 0.966 bits per heavy atom. The van der Waals surface area contributed by atoms with Crippen LogP contribution in [0.1, 0.15) is 2.74 Å². The highest BCUT2D eigenvalue weighted by atomic mass is 16.5. The van der Waals surface area contributed by atoms with Crippen LogP contribution >= 0.6 is 0 Å². The minimum atomic E-state index is 0.443. The van der Waals surface area contributed by atoms with Crippen LogP contribution < -0.4 is 19.3 Å². The highest BCUT2D eigenvalue weighted by molar-refractivity contribution is 5.80. The van der Waals surface area contributed by atoms with Gasteiger partial charge in [0.1, 0.15) is 23.0 Å². The first kappa shape index (κ1) is 33.5. The molecule has 0 N–H and O–H groups in total. The third-order valence-electron chi connectivity index (χ3n) is 9.83. The van der Waals surface area contributed by atoms with E-state index in [4.69, 9.17) is 12.2 Å². The molecule has 0 amide bonds. The molecule has 0 fully saturated rings. The molecule has 58 heavy (non-hydrogen) atoms. The predicted octanol–water partition coefficient (Wildman–Crippen LogP) is 15.5. The second-order valence-corrected chi connectivity index (χ2v) is 13.7. The third-order valence-corrected chi connectivity index (χ3v) is 9.83. The second kappa shape index (κ2) is 16.9. The average molecular weight is 753 g/mol. The summed E-state index contributed by atoms with van der Waals surface area (Å²) in [5.74, 6) is 2.66. The summed E-state index contributed by atoms with van der Waals surface area (Å²) in [4.78, 5) is 4.29. The largest absolute Gasteiger partial charge is 0.457 e. The van der Waals surface area contributed by atoms with Gasteiger partial charge in [-0.1, -0.05) is 127 Å². The first-order valence-electron chi connectivity index (χ1n) is 20.2. The van der Waals surface area contributed by atoms with E-state index in [1.165, 1.54) is 0 Å². The van der Waals surface area contributed by atoms with Crippen LogP contribution in [0.5, 0.6) is 23.0 Å². The lowest BCUT2D eigenvalue weighted by Gasteiger charge is -2.26. The lowest BCUT2D eigenvalue weighted by molar-refractivity contribution is 0.460. The molecule has 0 atom stereocenters. The van der Waals surface area contributed by atoms with Gasteiger partial charge in [0.2, 0.25) is 0 Å². The summed E-state index contributed by atoms with van der Waals surface area (Å²) in [6, 6.07) is 77.2. The number of hydrogen-bond donors (Lipinski definition) is 0. The number of hydrogen-bond acceptors (Lipinski definition) is 4. The predicted molar refractivity (Wildman–Crippen MR) is 240 cm³/mol. The van der Waals surface area contributed by atoms with Crippen molar-refractivity contribution in [2.24, 2.45) is 0 Å². The van der Waals surface area contributed by atoms with Crippen LogP contribution in [-0.2, 0) is 0 Å². The molecule has 0 radical (unpaired) electrons. The summed E-state index contributed by atoms with van der Waals surface area (Å²) >= 11 is 0. The first-order chi connectivity index (χ1) is 29.5. The fraction of sp³-hybridized carbons (Fsp3) is 0. The van der Waals surface area contributed by atoms with Crippen molar-refractivity contribution in [2.45, 2.75) is 0 Å². The lowest BCUT2D eigenvalue weighted by atomic mass is 10.0. The second-order valence-electron chi connectivity index (χ2n) is 13.7. The minimum Gasteiger partial charge on any atom is -0.457 e. The van der Waals surface area contributed by atoms with E-state index in [2.05, 4.69) is 82.6 Å². The van der Waals surface area contributed by atoms with Crippen LogP contribution in [0.3, 0.4) is 0 Å². The van der Waals surface area contributed by atoms with Crippen LogP contribution in [0.25, 0.3) is 22.3 Å². The summed E-state index contributed by atoms with van der Waals surface area (Å²) in [6.45, 7) is 0.